The molecule has 5 rings (SSSR count). The number of benzene rings is 2. The van der Waals surface area contributed by atoms with Gasteiger partial charge in [0.25, 0.3) is 17.7 Å². The Bertz CT molecular complexity index is 2420. The Hall–Kier alpha value is -6.27. The SMILES string of the molecule is CCC(C)C(NC(=O)[C@@]1(C)CCCN1C)C(=O)N(C)C(CC(OC(C)=O)c1nc(C(=O)NC(Cc2ccccc2)CC(C)C(=O)N/N=C(/C)c2ccc(OCCCCCN3C(=O)C=CC3=O)cc2)cs1)C(C)C. The zero-order valence-corrected chi connectivity index (χ0v) is 45.1. The summed E-state index contributed by atoms with van der Waals surface area (Å²) in [6, 6.07) is 15.4. The molecule has 18 heteroatoms. The maximum absolute atomic E-state index is 14.4. The number of likely N-dealkylation sites (tertiary alicyclic amines) is 1. The van der Waals surface area contributed by atoms with Gasteiger partial charge in [-0.2, -0.15) is 5.10 Å². The molecule has 1 fully saturated rings. The number of ether oxygens (including phenoxy) is 2. The average Bonchev–Trinajstić information content (AvgIpc) is 4.09. The largest absolute Gasteiger partial charge is 0.494 e. The monoisotopic (exact) mass is 1020 g/mol. The first-order chi connectivity index (χ1) is 34.7. The van der Waals surface area contributed by atoms with E-state index in [1.165, 1.54) is 35.3 Å². The Morgan fingerprint density at radius 3 is 2.22 bits per heavy atom. The highest BCUT2D eigenvalue weighted by Crippen LogP contribution is 2.32. The van der Waals surface area contributed by atoms with Crippen molar-refractivity contribution >= 4 is 58.5 Å². The lowest BCUT2D eigenvalue weighted by molar-refractivity contribution is -0.149. The molecule has 0 radical (unpaired) electrons. The summed E-state index contributed by atoms with van der Waals surface area (Å²) < 4.78 is 11.7. The molecule has 3 heterocycles. The van der Waals surface area contributed by atoms with Crippen molar-refractivity contribution < 1.29 is 43.0 Å². The number of carbonyl (C=O) groups excluding carboxylic acids is 7. The predicted molar refractivity (Wildman–Crippen MR) is 281 cm³/mol. The Morgan fingerprint density at radius 1 is 0.918 bits per heavy atom. The molecule has 1 aromatic heterocycles. The molecule has 2 aromatic carbocycles. The molecule has 2 aliphatic rings. The van der Waals surface area contributed by atoms with E-state index < -0.39 is 47.6 Å². The number of unbranched alkanes of at least 4 members (excludes halogenated alkanes) is 2. The number of aromatic nitrogens is 1. The van der Waals surface area contributed by atoms with Crippen molar-refractivity contribution in [3.8, 4) is 5.75 Å². The molecule has 396 valence electrons. The summed E-state index contributed by atoms with van der Waals surface area (Å²) in [4.78, 5) is 101. The van der Waals surface area contributed by atoms with E-state index >= 15 is 0 Å². The zero-order valence-electron chi connectivity index (χ0n) is 44.3. The smallest absolute Gasteiger partial charge is 0.303 e. The van der Waals surface area contributed by atoms with Gasteiger partial charge in [0.15, 0.2) is 6.10 Å². The fraction of sp³-hybridized carbons (Fsp3) is 0.545. The summed E-state index contributed by atoms with van der Waals surface area (Å²) in [5.41, 5.74) is 4.46. The van der Waals surface area contributed by atoms with Gasteiger partial charge in [-0.1, -0.05) is 71.4 Å². The second-order valence-corrected chi connectivity index (χ2v) is 21.0. The molecular formula is C55H76N8O9S. The molecular weight excluding hydrogens is 949 g/mol. The summed E-state index contributed by atoms with van der Waals surface area (Å²) in [5.74, 6) is -2.35. The highest BCUT2D eigenvalue weighted by Gasteiger charge is 2.44. The molecule has 0 bridgehead atoms. The van der Waals surface area contributed by atoms with Crippen molar-refractivity contribution in [1.82, 2.24) is 35.7 Å². The number of amides is 6. The van der Waals surface area contributed by atoms with Crippen molar-refractivity contribution in [2.75, 3.05) is 33.8 Å². The predicted octanol–water partition coefficient (Wildman–Crippen LogP) is 7.02. The van der Waals surface area contributed by atoms with Crippen LogP contribution in [-0.4, -0.2) is 124 Å². The third kappa shape index (κ3) is 16.1. The van der Waals surface area contributed by atoms with Crippen LogP contribution in [0.3, 0.4) is 0 Å². The molecule has 0 spiro atoms. The zero-order chi connectivity index (χ0) is 53.4. The second kappa shape index (κ2) is 27.1. The standard InChI is InChI=1S/C55H76N8O9S/c1-11-36(4)49(58-54(70)55(8)27-18-28-61(55)9)53(69)62(10)45(35(2)3)33-46(72-39(7)64)52-57-44(34-73-52)51(68)56-42(32-40-19-14-12-15-20-40)31-37(5)50(67)60-59-38(6)41-21-23-43(24-22-41)71-30-17-13-16-29-63-47(65)25-26-48(63)66/h12,14-15,19-26,34-37,42,45-46,49H,11,13,16-18,27-33H2,1-10H3,(H,56,68)(H,58,70)(H,60,67)/b59-38-/t36?,37?,42?,45?,46?,49?,55-/m1/s1. The van der Waals surface area contributed by atoms with Gasteiger partial charge in [-0.3, -0.25) is 43.4 Å². The molecule has 1 saturated heterocycles. The maximum Gasteiger partial charge on any atom is 0.303 e. The Balaban J connectivity index is 1.20. The molecule has 73 heavy (non-hydrogen) atoms. The van der Waals surface area contributed by atoms with Crippen LogP contribution >= 0.6 is 11.3 Å². The first-order valence-corrected chi connectivity index (χ1v) is 26.5. The van der Waals surface area contributed by atoms with Crippen LogP contribution in [0.15, 0.2) is 77.2 Å². The molecule has 0 aliphatic carbocycles. The van der Waals surface area contributed by atoms with Gasteiger partial charge >= 0.3 is 5.97 Å². The number of hydrogen-bond acceptors (Lipinski definition) is 13. The lowest BCUT2D eigenvalue weighted by Crippen LogP contribution is -2.60. The van der Waals surface area contributed by atoms with Gasteiger partial charge in [-0.05, 0) is 120 Å². The molecule has 6 unspecified atom stereocenters. The Kier molecular flexibility index (Phi) is 21.4. The topological polar surface area (TPSA) is 209 Å². The summed E-state index contributed by atoms with van der Waals surface area (Å²) in [6.07, 6.45) is 7.18. The highest BCUT2D eigenvalue weighted by molar-refractivity contribution is 7.09. The third-order valence-corrected chi connectivity index (χ3v) is 15.1. The summed E-state index contributed by atoms with van der Waals surface area (Å²) in [6.45, 7) is 16.4. The van der Waals surface area contributed by atoms with Crippen LogP contribution in [0, 0.1) is 17.8 Å². The lowest BCUT2D eigenvalue weighted by atomic mass is 9.91. The average molecular weight is 1030 g/mol. The molecule has 3 aromatic rings. The van der Waals surface area contributed by atoms with Crippen LogP contribution in [-0.2, 0) is 39.9 Å². The number of esters is 1. The van der Waals surface area contributed by atoms with Crippen molar-refractivity contribution in [3.05, 3.63) is 94.0 Å². The minimum Gasteiger partial charge on any atom is -0.494 e. The van der Waals surface area contributed by atoms with Crippen LogP contribution < -0.4 is 20.8 Å². The summed E-state index contributed by atoms with van der Waals surface area (Å²) in [7, 11) is 3.65. The van der Waals surface area contributed by atoms with Crippen molar-refractivity contribution in [2.45, 2.75) is 143 Å². The van der Waals surface area contributed by atoms with Gasteiger partial charge in [0.2, 0.25) is 17.7 Å². The van der Waals surface area contributed by atoms with E-state index in [1.54, 1.807) is 31.2 Å². The molecule has 2 aliphatic heterocycles. The summed E-state index contributed by atoms with van der Waals surface area (Å²) >= 11 is 1.19. The number of thiazole rings is 1. The van der Waals surface area contributed by atoms with Gasteiger partial charge in [0.05, 0.1) is 17.9 Å². The molecule has 0 saturated carbocycles. The van der Waals surface area contributed by atoms with Crippen LogP contribution in [0.1, 0.15) is 139 Å². The normalized spacial score (nSPS) is 18.5. The summed E-state index contributed by atoms with van der Waals surface area (Å²) in [5, 5.41) is 12.6. The van der Waals surface area contributed by atoms with Crippen LogP contribution in [0.5, 0.6) is 5.75 Å². The Morgan fingerprint density at radius 2 is 1.60 bits per heavy atom. The van der Waals surface area contributed by atoms with Crippen molar-refractivity contribution in [2.24, 2.45) is 22.9 Å². The Labute approximate surface area is 434 Å². The second-order valence-electron chi connectivity index (χ2n) is 20.1. The highest BCUT2D eigenvalue weighted by atomic mass is 32.1. The quantitative estimate of drug-likeness (QED) is 0.0232. The molecule has 17 nitrogen and oxygen atoms in total. The molecule has 3 N–H and O–H groups in total. The van der Waals surface area contributed by atoms with Crippen LogP contribution in [0.4, 0.5) is 0 Å². The van der Waals surface area contributed by atoms with Gasteiger partial charge < -0.3 is 25.0 Å². The fourth-order valence-electron chi connectivity index (χ4n) is 9.17. The van der Waals surface area contributed by atoms with Crippen molar-refractivity contribution in [1.29, 1.82) is 0 Å². The fourth-order valence-corrected chi connectivity index (χ4v) is 10.0. The van der Waals surface area contributed by atoms with Gasteiger partial charge in [-0.15, -0.1) is 11.3 Å². The third-order valence-electron chi connectivity index (χ3n) is 14.2. The van der Waals surface area contributed by atoms with E-state index in [0.717, 1.165) is 36.9 Å². The van der Waals surface area contributed by atoms with Crippen LogP contribution in [0.2, 0.25) is 0 Å². The first-order valence-electron chi connectivity index (χ1n) is 25.6. The number of hydrogen-bond donors (Lipinski definition) is 3. The van der Waals surface area contributed by atoms with E-state index in [9.17, 15) is 33.6 Å². The first kappa shape index (κ1) is 57.6. The number of imide groups is 1. The minimum atomic E-state index is -0.873. The molecule has 7 atom stereocenters. The van der Waals surface area contributed by atoms with E-state index in [1.807, 2.05) is 101 Å². The number of nitrogens with zero attached hydrogens (tertiary/aromatic N) is 5. The maximum atomic E-state index is 14.4. The molecule has 6 amide bonds. The number of likely N-dealkylation sites (N-methyl/N-ethyl adjacent to an activating group) is 2. The number of carbonyl (C=O) groups is 7. The van der Waals surface area contributed by atoms with Crippen molar-refractivity contribution in [3.63, 3.8) is 0 Å². The number of rotatable bonds is 27. The van der Waals surface area contributed by atoms with Gasteiger partial charge in [0, 0.05) is 62.5 Å². The van der Waals surface area contributed by atoms with E-state index in [0.29, 0.717) is 55.3 Å². The lowest BCUT2D eigenvalue weighted by Gasteiger charge is -2.38. The minimum absolute atomic E-state index is 0.0803. The van der Waals surface area contributed by atoms with E-state index in [2.05, 4.69) is 21.2 Å². The van der Waals surface area contributed by atoms with E-state index in [-0.39, 0.29) is 59.9 Å². The number of hydrazone groups is 1. The van der Waals surface area contributed by atoms with Crippen LogP contribution in [0.25, 0.3) is 0 Å². The van der Waals surface area contributed by atoms with Gasteiger partial charge in [0.1, 0.15) is 22.5 Å². The van der Waals surface area contributed by atoms with Gasteiger partial charge in [-0.25, -0.2) is 10.4 Å². The van der Waals surface area contributed by atoms with E-state index in [4.69, 9.17) is 14.5 Å². The number of nitrogens with one attached hydrogen (secondary N) is 3.